The molecule has 1 aliphatic rings. The van der Waals surface area contributed by atoms with E-state index < -0.39 is 11.8 Å². The Kier molecular flexibility index (Phi) is 5.48. The molecule has 1 aliphatic heterocycles. The molecule has 0 radical (unpaired) electrons. The Balaban J connectivity index is 1.61. The third kappa shape index (κ3) is 4.24. The minimum atomic E-state index is -0.544. The average Bonchev–Trinajstić information content (AvgIpc) is 3.21. The fourth-order valence-corrected chi connectivity index (χ4v) is 3.55. The largest absolute Gasteiger partial charge is 0.327 e. The Morgan fingerprint density at radius 3 is 2.90 bits per heavy atom. The predicted octanol–water partition coefficient (Wildman–Crippen LogP) is 3.77. The SMILES string of the molecule is Cn1ccc(N(Cc2nnc3n2CCCCC3)C(=O)Nc2ccc(F)c(Cl)c2)n1. The van der Waals surface area contributed by atoms with Gasteiger partial charge in [-0.25, -0.2) is 9.18 Å². The van der Waals surface area contributed by atoms with Gasteiger partial charge in [-0.05, 0) is 31.0 Å². The van der Waals surface area contributed by atoms with Gasteiger partial charge in [0, 0.05) is 38.0 Å². The van der Waals surface area contributed by atoms with Crippen LogP contribution < -0.4 is 10.2 Å². The molecule has 29 heavy (non-hydrogen) atoms. The molecule has 2 amide bonds. The molecule has 3 aromatic rings. The third-order valence-electron chi connectivity index (χ3n) is 4.88. The molecule has 0 fully saturated rings. The lowest BCUT2D eigenvalue weighted by Gasteiger charge is -2.21. The van der Waals surface area contributed by atoms with Gasteiger partial charge in [-0.2, -0.15) is 5.10 Å². The maximum absolute atomic E-state index is 13.4. The number of carbonyl (C=O) groups excluding carboxylic acids is 1. The Morgan fingerprint density at radius 1 is 1.28 bits per heavy atom. The van der Waals surface area contributed by atoms with Gasteiger partial charge in [0.25, 0.3) is 0 Å². The molecule has 3 heterocycles. The summed E-state index contributed by atoms with van der Waals surface area (Å²) in [5, 5.41) is 15.7. The number of aryl methyl sites for hydroxylation is 2. The van der Waals surface area contributed by atoms with E-state index >= 15 is 0 Å². The molecule has 0 saturated heterocycles. The van der Waals surface area contributed by atoms with E-state index in [0.717, 1.165) is 38.1 Å². The highest BCUT2D eigenvalue weighted by Crippen LogP contribution is 2.22. The first-order chi connectivity index (χ1) is 14.0. The molecular formula is C19H21ClFN7O. The molecular weight excluding hydrogens is 397 g/mol. The highest BCUT2D eigenvalue weighted by molar-refractivity contribution is 6.31. The topological polar surface area (TPSA) is 80.9 Å². The Morgan fingerprint density at radius 2 is 2.14 bits per heavy atom. The summed E-state index contributed by atoms with van der Waals surface area (Å²) in [6, 6.07) is 5.36. The van der Waals surface area contributed by atoms with Crippen LogP contribution in [0, 0.1) is 5.82 Å². The molecule has 8 nitrogen and oxygen atoms in total. The smallest absolute Gasteiger partial charge is 0.313 e. The molecule has 10 heteroatoms. The molecule has 0 saturated carbocycles. The average molecular weight is 418 g/mol. The molecule has 0 aliphatic carbocycles. The number of hydrogen-bond acceptors (Lipinski definition) is 4. The van der Waals surface area contributed by atoms with E-state index in [1.165, 1.54) is 23.1 Å². The summed E-state index contributed by atoms with van der Waals surface area (Å²) in [6.07, 6.45) is 5.94. The van der Waals surface area contributed by atoms with E-state index in [1.807, 2.05) is 0 Å². The number of amides is 2. The van der Waals surface area contributed by atoms with Crippen LogP contribution >= 0.6 is 11.6 Å². The van der Waals surface area contributed by atoms with Crippen LogP contribution in [0.3, 0.4) is 0 Å². The van der Waals surface area contributed by atoms with Crippen LogP contribution in [0.5, 0.6) is 0 Å². The van der Waals surface area contributed by atoms with Gasteiger partial charge >= 0.3 is 6.03 Å². The van der Waals surface area contributed by atoms with Crippen LogP contribution in [0.25, 0.3) is 0 Å². The van der Waals surface area contributed by atoms with E-state index in [-0.39, 0.29) is 11.6 Å². The van der Waals surface area contributed by atoms with E-state index in [1.54, 1.807) is 24.0 Å². The first kappa shape index (κ1) is 19.4. The first-order valence-electron chi connectivity index (χ1n) is 9.45. The van der Waals surface area contributed by atoms with Gasteiger partial charge in [0.05, 0.1) is 11.6 Å². The number of nitrogens with zero attached hydrogens (tertiary/aromatic N) is 6. The number of aromatic nitrogens is 5. The van der Waals surface area contributed by atoms with Crippen LogP contribution in [-0.2, 0) is 26.6 Å². The van der Waals surface area contributed by atoms with Crippen LogP contribution in [-0.4, -0.2) is 30.6 Å². The zero-order valence-corrected chi connectivity index (χ0v) is 16.7. The highest BCUT2D eigenvalue weighted by atomic mass is 35.5. The van der Waals surface area contributed by atoms with E-state index in [2.05, 4.69) is 25.2 Å². The number of nitrogens with one attached hydrogen (secondary N) is 1. The van der Waals surface area contributed by atoms with Crippen molar-refractivity contribution < 1.29 is 9.18 Å². The highest BCUT2D eigenvalue weighted by Gasteiger charge is 2.23. The predicted molar refractivity (Wildman–Crippen MR) is 107 cm³/mol. The third-order valence-corrected chi connectivity index (χ3v) is 5.17. The normalized spacial score (nSPS) is 13.6. The molecule has 0 unspecified atom stereocenters. The molecule has 152 valence electrons. The summed E-state index contributed by atoms with van der Waals surface area (Å²) in [5.74, 6) is 1.59. The lowest BCUT2D eigenvalue weighted by atomic mass is 10.2. The van der Waals surface area contributed by atoms with Crippen molar-refractivity contribution in [3.8, 4) is 0 Å². The molecule has 4 rings (SSSR count). The minimum absolute atomic E-state index is 0.0602. The zero-order valence-electron chi connectivity index (χ0n) is 16.0. The maximum Gasteiger partial charge on any atom is 0.327 e. The summed E-state index contributed by atoms with van der Waals surface area (Å²) in [7, 11) is 1.78. The van der Waals surface area contributed by atoms with Crippen molar-refractivity contribution in [2.24, 2.45) is 7.05 Å². The van der Waals surface area contributed by atoms with Gasteiger partial charge in [0.1, 0.15) is 11.6 Å². The molecule has 1 aromatic carbocycles. The standard InChI is InChI=1S/C19H21ClFN7O/c1-26-10-8-17(25-26)28(19(29)22-13-6-7-15(21)14(20)11-13)12-18-24-23-16-5-3-2-4-9-27(16)18/h6-8,10-11H,2-5,9,12H2,1H3,(H,22,29). The molecule has 0 atom stereocenters. The zero-order chi connectivity index (χ0) is 20.4. The Labute approximate surface area is 172 Å². The van der Waals surface area contributed by atoms with Gasteiger partial charge in [0.2, 0.25) is 0 Å². The molecule has 0 bridgehead atoms. The maximum atomic E-state index is 13.4. The number of halogens is 2. The summed E-state index contributed by atoms with van der Waals surface area (Å²) < 4.78 is 17.1. The molecule has 0 spiro atoms. The second kappa shape index (κ2) is 8.20. The van der Waals surface area contributed by atoms with E-state index in [4.69, 9.17) is 11.6 Å². The van der Waals surface area contributed by atoms with Gasteiger partial charge < -0.3 is 9.88 Å². The van der Waals surface area contributed by atoms with Gasteiger partial charge in [-0.3, -0.25) is 9.58 Å². The Bertz CT molecular complexity index is 1030. The molecule has 2 aromatic heterocycles. The summed E-state index contributed by atoms with van der Waals surface area (Å²) in [4.78, 5) is 14.5. The minimum Gasteiger partial charge on any atom is -0.313 e. The van der Waals surface area contributed by atoms with Crippen molar-refractivity contribution in [3.63, 3.8) is 0 Å². The van der Waals surface area contributed by atoms with Crippen molar-refractivity contribution in [2.45, 2.75) is 38.8 Å². The van der Waals surface area contributed by atoms with Gasteiger partial charge in [-0.15, -0.1) is 10.2 Å². The Hall–Kier alpha value is -2.94. The summed E-state index contributed by atoms with van der Waals surface area (Å²) in [6.45, 7) is 1.05. The fourth-order valence-electron chi connectivity index (χ4n) is 3.37. The number of anilines is 2. The fraction of sp³-hybridized carbons (Fsp3) is 0.368. The van der Waals surface area contributed by atoms with Crippen LogP contribution in [0.2, 0.25) is 5.02 Å². The first-order valence-corrected chi connectivity index (χ1v) is 9.83. The number of hydrogen-bond donors (Lipinski definition) is 1. The second-order valence-corrected chi connectivity index (χ2v) is 7.39. The summed E-state index contributed by atoms with van der Waals surface area (Å²) in [5.41, 5.74) is 0.391. The second-order valence-electron chi connectivity index (χ2n) is 6.99. The molecule has 1 N–H and O–H groups in total. The summed E-state index contributed by atoms with van der Waals surface area (Å²) >= 11 is 5.83. The lowest BCUT2D eigenvalue weighted by molar-refractivity contribution is 0.256. The van der Waals surface area contributed by atoms with Crippen LogP contribution in [0.1, 0.15) is 30.9 Å². The number of urea groups is 1. The van der Waals surface area contributed by atoms with Crippen LogP contribution in [0.15, 0.2) is 30.5 Å². The van der Waals surface area contributed by atoms with E-state index in [0.29, 0.717) is 17.3 Å². The lowest BCUT2D eigenvalue weighted by Crippen LogP contribution is -2.36. The van der Waals surface area contributed by atoms with Crippen molar-refractivity contribution in [1.82, 2.24) is 24.5 Å². The monoisotopic (exact) mass is 417 g/mol. The van der Waals surface area contributed by atoms with Crippen molar-refractivity contribution in [2.75, 3.05) is 10.2 Å². The number of benzene rings is 1. The number of fused-ring (bicyclic) bond motifs is 1. The quantitative estimate of drug-likeness (QED) is 0.700. The number of carbonyl (C=O) groups is 1. The number of rotatable bonds is 4. The van der Waals surface area contributed by atoms with Crippen LogP contribution in [0.4, 0.5) is 20.7 Å². The van der Waals surface area contributed by atoms with Gasteiger partial charge in [0.15, 0.2) is 11.6 Å². The van der Waals surface area contributed by atoms with Crippen molar-refractivity contribution in [1.29, 1.82) is 0 Å². The van der Waals surface area contributed by atoms with Crippen molar-refractivity contribution >= 4 is 29.1 Å². The van der Waals surface area contributed by atoms with E-state index in [9.17, 15) is 9.18 Å². The van der Waals surface area contributed by atoms with Gasteiger partial charge in [-0.1, -0.05) is 18.0 Å². The van der Waals surface area contributed by atoms with Crippen molar-refractivity contribution in [3.05, 3.63) is 53.0 Å².